The highest BCUT2D eigenvalue weighted by atomic mass is 15.2. The molecule has 3 heteroatoms. The van der Waals surface area contributed by atoms with Gasteiger partial charge in [-0.05, 0) is 118 Å². The Labute approximate surface area is 327 Å². The molecule has 0 saturated carbocycles. The van der Waals surface area contributed by atoms with Gasteiger partial charge in [0, 0.05) is 34.0 Å². The van der Waals surface area contributed by atoms with Crippen molar-refractivity contribution in [2.45, 2.75) is 78.6 Å². The minimum Gasteiger partial charge on any atom is -0.356 e. The van der Waals surface area contributed by atoms with E-state index < -0.39 is 0 Å². The molecule has 0 bridgehead atoms. The van der Waals surface area contributed by atoms with Crippen LogP contribution in [-0.2, 0) is 16.2 Å². The lowest BCUT2D eigenvalue weighted by atomic mass is 9.33. The van der Waals surface area contributed by atoms with Gasteiger partial charge in [-0.2, -0.15) is 0 Å². The molecule has 7 aromatic carbocycles. The Bertz CT molecular complexity index is 2730. The summed E-state index contributed by atoms with van der Waals surface area (Å²) in [6, 6.07) is 49.0. The zero-order chi connectivity index (χ0) is 38.2. The fourth-order valence-electron chi connectivity index (χ4n) is 9.47. The summed E-state index contributed by atoms with van der Waals surface area (Å²) in [5, 5.41) is 6.80. The van der Waals surface area contributed by atoms with Crippen molar-refractivity contribution in [3.63, 3.8) is 0 Å². The van der Waals surface area contributed by atoms with E-state index in [-0.39, 0.29) is 23.0 Å². The van der Waals surface area contributed by atoms with E-state index in [0.29, 0.717) is 0 Å². The Morgan fingerprint density at radius 2 is 1.09 bits per heavy atom. The molecular formula is C52H49BN2. The quantitative estimate of drug-likeness (QED) is 0.171. The van der Waals surface area contributed by atoms with Gasteiger partial charge in [0.15, 0.2) is 0 Å². The highest BCUT2D eigenvalue weighted by molar-refractivity contribution is 7.00. The summed E-state index contributed by atoms with van der Waals surface area (Å²) in [5.41, 5.74) is 21.9. The number of rotatable bonds is 1. The second kappa shape index (κ2) is 11.5. The number of nitrogens with one attached hydrogen (secondary N) is 1. The SMILES string of the molecule is CC(C)(C)c1ccc(N2c3ccc(C(C)(C)C)cc3B3c4ccc5c(c4Nc4cc(C(C)(C)C)cc2c43)-c2ccccc2-c2cccc3cccc-5c23)cc1. The zero-order valence-corrected chi connectivity index (χ0v) is 33.6. The van der Waals surface area contributed by atoms with Crippen LogP contribution in [0.25, 0.3) is 44.2 Å². The zero-order valence-electron chi connectivity index (χ0n) is 33.6. The summed E-state index contributed by atoms with van der Waals surface area (Å²) in [6.45, 7) is 20.9. The van der Waals surface area contributed by atoms with Crippen LogP contribution in [0.2, 0.25) is 0 Å². The van der Waals surface area contributed by atoms with Gasteiger partial charge in [-0.15, -0.1) is 0 Å². The summed E-state index contributed by atoms with van der Waals surface area (Å²) < 4.78 is 0. The predicted molar refractivity (Wildman–Crippen MR) is 239 cm³/mol. The van der Waals surface area contributed by atoms with E-state index in [1.54, 1.807) is 0 Å². The Morgan fingerprint density at radius 1 is 0.473 bits per heavy atom. The van der Waals surface area contributed by atoms with Crippen LogP contribution < -0.4 is 26.6 Å². The van der Waals surface area contributed by atoms with Crippen molar-refractivity contribution in [2.24, 2.45) is 0 Å². The second-order valence-electron chi connectivity index (χ2n) is 19.1. The lowest BCUT2D eigenvalue weighted by molar-refractivity contribution is 0.590. The van der Waals surface area contributed by atoms with E-state index in [9.17, 15) is 0 Å². The van der Waals surface area contributed by atoms with E-state index in [2.05, 4.69) is 200 Å². The van der Waals surface area contributed by atoms with Crippen molar-refractivity contribution >= 4 is 62.3 Å². The normalized spacial score (nSPS) is 14.0. The topological polar surface area (TPSA) is 15.3 Å². The molecule has 1 aliphatic carbocycles. The molecule has 55 heavy (non-hydrogen) atoms. The lowest BCUT2D eigenvalue weighted by Gasteiger charge is -2.43. The molecule has 0 aromatic heterocycles. The van der Waals surface area contributed by atoms with Crippen molar-refractivity contribution in [1.29, 1.82) is 0 Å². The first-order valence-corrected chi connectivity index (χ1v) is 20.0. The molecule has 1 N–H and O–H groups in total. The highest BCUT2D eigenvalue weighted by Crippen LogP contribution is 2.51. The maximum Gasteiger partial charge on any atom is 0.252 e. The first-order chi connectivity index (χ1) is 26.2. The van der Waals surface area contributed by atoms with E-state index in [1.165, 1.54) is 106 Å². The minimum atomic E-state index is -0.0569. The molecule has 2 heterocycles. The molecule has 0 fully saturated rings. The molecule has 10 rings (SSSR count). The number of hydrogen-bond acceptors (Lipinski definition) is 2. The van der Waals surface area contributed by atoms with Crippen molar-refractivity contribution in [3.8, 4) is 33.4 Å². The van der Waals surface area contributed by atoms with Crippen molar-refractivity contribution in [3.05, 3.63) is 144 Å². The predicted octanol–water partition coefficient (Wildman–Crippen LogP) is 12.4. The van der Waals surface area contributed by atoms with Gasteiger partial charge in [0.05, 0.1) is 0 Å². The third kappa shape index (κ3) is 5.08. The average Bonchev–Trinajstić information content (AvgIpc) is 3.27. The van der Waals surface area contributed by atoms with Gasteiger partial charge in [-0.25, -0.2) is 0 Å². The summed E-state index contributed by atoms with van der Waals surface area (Å²) in [5.74, 6) is 0. The van der Waals surface area contributed by atoms with Gasteiger partial charge >= 0.3 is 0 Å². The lowest BCUT2D eigenvalue weighted by Crippen LogP contribution is -2.60. The molecule has 3 aliphatic rings. The second-order valence-corrected chi connectivity index (χ2v) is 19.1. The van der Waals surface area contributed by atoms with Gasteiger partial charge in [-0.1, -0.05) is 159 Å². The van der Waals surface area contributed by atoms with Gasteiger partial charge in [0.25, 0.3) is 6.71 Å². The van der Waals surface area contributed by atoms with Crippen LogP contribution in [0.3, 0.4) is 0 Å². The van der Waals surface area contributed by atoms with Crippen molar-refractivity contribution in [1.82, 2.24) is 0 Å². The van der Waals surface area contributed by atoms with Crippen LogP contribution in [0.15, 0.2) is 127 Å². The average molecular weight is 713 g/mol. The summed E-state index contributed by atoms with van der Waals surface area (Å²) in [7, 11) is 0. The third-order valence-electron chi connectivity index (χ3n) is 12.5. The first-order valence-electron chi connectivity index (χ1n) is 20.0. The summed E-state index contributed by atoms with van der Waals surface area (Å²) >= 11 is 0. The van der Waals surface area contributed by atoms with Crippen molar-refractivity contribution in [2.75, 3.05) is 10.2 Å². The maximum absolute atomic E-state index is 4.20. The van der Waals surface area contributed by atoms with Crippen LogP contribution >= 0.6 is 0 Å². The minimum absolute atomic E-state index is 0.000328. The fourth-order valence-corrected chi connectivity index (χ4v) is 9.47. The number of fused-ring (bicyclic) bond motifs is 10. The van der Waals surface area contributed by atoms with E-state index in [1.807, 2.05) is 0 Å². The standard InChI is InChI=1S/C52H49BN2/c1-50(2,3)32-20-23-35(24-21-32)55-44-27-22-33(51(4,5)6)28-42(44)53-41-26-25-40-39-19-13-15-31-14-12-18-37(46(31)39)36-16-10-11-17-38(36)47(40)49(41)54-43-29-34(52(7,8)9)30-45(55)48(43)53/h10-30,54H,1-9H3. The van der Waals surface area contributed by atoms with Crippen LogP contribution in [0, 0.1) is 0 Å². The van der Waals surface area contributed by atoms with Crippen LogP contribution in [0.5, 0.6) is 0 Å². The molecule has 0 amide bonds. The molecule has 0 atom stereocenters. The molecule has 0 radical (unpaired) electrons. The first kappa shape index (κ1) is 34.0. The maximum atomic E-state index is 4.20. The largest absolute Gasteiger partial charge is 0.356 e. The summed E-state index contributed by atoms with van der Waals surface area (Å²) in [6.07, 6.45) is 0. The molecule has 270 valence electrons. The number of anilines is 5. The Balaban J connectivity index is 1.30. The number of nitrogens with zero attached hydrogens (tertiary/aromatic N) is 1. The molecule has 2 nitrogen and oxygen atoms in total. The van der Waals surface area contributed by atoms with E-state index in [0.717, 1.165) is 0 Å². The molecule has 0 unspecified atom stereocenters. The molecular weight excluding hydrogens is 663 g/mol. The Hall–Kier alpha value is -5.54. The van der Waals surface area contributed by atoms with E-state index in [4.69, 9.17) is 0 Å². The molecule has 7 aromatic rings. The van der Waals surface area contributed by atoms with Gasteiger partial charge in [-0.3, -0.25) is 0 Å². The number of benzene rings is 7. The highest BCUT2D eigenvalue weighted by Gasteiger charge is 2.43. The Kier molecular flexibility index (Phi) is 7.10. The smallest absolute Gasteiger partial charge is 0.252 e. The van der Waals surface area contributed by atoms with E-state index >= 15 is 0 Å². The van der Waals surface area contributed by atoms with Crippen LogP contribution in [0.1, 0.15) is 79.0 Å². The molecule has 2 aliphatic heterocycles. The fraction of sp³-hybridized carbons (Fsp3) is 0.231. The van der Waals surface area contributed by atoms with Gasteiger partial charge in [0.1, 0.15) is 0 Å². The monoisotopic (exact) mass is 712 g/mol. The van der Waals surface area contributed by atoms with Gasteiger partial charge in [0.2, 0.25) is 0 Å². The third-order valence-corrected chi connectivity index (χ3v) is 12.5. The summed E-state index contributed by atoms with van der Waals surface area (Å²) in [4.78, 5) is 2.54. The van der Waals surface area contributed by atoms with Gasteiger partial charge < -0.3 is 10.2 Å². The van der Waals surface area contributed by atoms with Crippen molar-refractivity contribution < 1.29 is 0 Å². The van der Waals surface area contributed by atoms with Crippen LogP contribution in [-0.4, -0.2) is 6.71 Å². The Morgan fingerprint density at radius 3 is 1.76 bits per heavy atom. The van der Waals surface area contributed by atoms with Crippen LogP contribution in [0.4, 0.5) is 28.4 Å². The molecule has 0 spiro atoms. The number of hydrogen-bond donors (Lipinski definition) is 1. The molecule has 0 saturated heterocycles.